The van der Waals surface area contributed by atoms with E-state index in [4.69, 9.17) is 0 Å². The second-order valence-corrected chi connectivity index (χ2v) is 9.04. The van der Waals surface area contributed by atoms with E-state index in [2.05, 4.69) is 15.5 Å². The van der Waals surface area contributed by atoms with Crippen molar-refractivity contribution in [2.45, 2.75) is 76.9 Å². The van der Waals surface area contributed by atoms with Gasteiger partial charge in [0.1, 0.15) is 6.04 Å². The highest BCUT2D eigenvalue weighted by atomic mass is 19.4. The number of carbonyl (C=O) groups excluding carboxylic acids is 2. The molecule has 3 atom stereocenters. The number of carbonyl (C=O) groups is 2. The largest absolute Gasteiger partial charge is 0.391 e. The number of unbranched alkanes of at least 4 members (excludes halogenated alkanes) is 1. The van der Waals surface area contributed by atoms with Crippen molar-refractivity contribution in [1.82, 2.24) is 5.32 Å². The lowest BCUT2D eigenvalue weighted by atomic mass is 9.80. The highest BCUT2D eigenvalue weighted by Crippen LogP contribution is 2.40. The van der Waals surface area contributed by atoms with Gasteiger partial charge >= 0.3 is 6.18 Å². The Bertz CT molecular complexity index is 778. The molecule has 178 valence electrons. The van der Waals surface area contributed by atoms with Gasteiger partial charge in [-0.15, -0.1) is 0 Å². The van der Waals surface area contributed by atoms with Crippen molar-refractivity contribution in [1.29, 1.82) is 0 Å². The summed E-state index contributed by atoms with van der Waals surface area (Å²) in [4.78, 5) is 28.0. The summed E-state index contributed by atoms with van der Waals surface area (Å²) < 4.78 is 39.4. The second-order valence-electron chi connectivity index (χ2n) is 9.04. The van der Waals surface area contributed by atoms with Crippen LogP contribution in [0.1, 0.15) is 64.7 Å². The molecule has 2 aliphatic rings. The number of hydrogen-bond acceptors (Lipinski definition) is 3. The van der Waals surface area contributed by atoms with Crippen LogP contribution in [0.3, 0.4) is 0 Å². The molecule has 3 unspecified atom stereocenters. The molecule has 2 N–H and O–H groups in total. The molecule has 32 heavy (non-hydrogen) atoms. The zero-order valence-corrected chi connectivity index (χ0v) is 18.7. The highest BCUT2D eigenvalue weighted by molar-refractivity contribution is 5.97. The third-order valence-corrected chi connectivity index (χ3v) is 6.57. The molecule has 2 fully saturated rings. The molecule has 1 aromatic rings. The number of nitrogens with zero attached hydrogens (tertiary/aromatic N) is 1. The Hall–Kier alpha value is -2.25. The predicted molar refractivity (Wildman–Crippen MR) is 119 cm³/mol. The molecule has 1 aliphatic carbocycles. The van der Waals surface area contributed by atoms with Crippen LogP contribution in [0.15, 0.2) is 24.3 Å². The van der Waals surface area contributed by atoms with E-state index in [0.717, 1.165) is 44.5 Å². The summed E-state index contributed by atoms with van der Waals surface area (Å²) in [6, 6.07) is 6.88. The van der Waals surface area contributed by atoms with Gasteiger partial charge in [-0.3, -0.25) is 9.59 Å². The predicted octanol–water partition coefficient (Wildman–Crippen LogP) is 5.27. The minimum atomic E-state index is -4.28. The molecule has 1 heterocycles. The lowest BCUT2D eigenvalue weighted by molar-refractivity contribution is -0.186. The monoisotopic (exact) mass is 453 g/mol. The second kappa shape index (κ2) is 11.1. The van der Waals surface area contributed by atoms with Crippen molar-refractivity contribution in [2.75, 3.05) is 23.3 Å². The highest BCUT2D eigenvalue weighted by Gasteiger charge is 2.43. The number of alkyl halides is 3. The minimum Gasteiger partial charge on any atom is -0.371 e. The van der Waals surface area contributed by atoms with Crippen LogP contribution in [0.5, 0.6) is 0 Å². The average molecular weight is 454 g/mol. The third-order valence-electron chi connectivity index (χ3n) is 6.57. The van der Waals surface area contributed by atoms with Crippen LogP contribution >= 0.6 is 0 Å². The molecule has 1 saturated carbocycles. The van der Waals surface area contributed by atoms with E-state index < -0.39 is 30.0 Å². The van der Waals surface area contributed by atoms with Crippen molar-refractivity contribution < 1.29 is 22.8 Å². The molecule has 0 radical (unpaired) electrons. The Balaban J connectivity index is 1.63. The van der Waals surface area contributed by atoms with Crippen molar-refractivity contribution in [3.8, 4) is 0 Å². The summed E-state index contributed by atoms with van der Waals surface area (Å²) in [5.74, 6) is -2.91. The van der Waals surface area contributed by atoms with Gasteiger partial charge in [0.15, 0.2) is 0 Å². The molecule has 0 spiro atoms. The maximum atomic E-state index is 13.1. The van der Waals surface area contributed by atoms with Crippen molar-refractivity contribution in [3.63, 3.8) is 0 Å². The van der Waals surface area contributed by atoms with Crippen LogP contribution in [-0.2, 0) is 9.59 Å². The Kier molecular flexibility index (Phi) is 8.43. The van der Waals surface area contributed by atoms with E-state index in [1.807, 2.05) is 31.2 Å². The van der Waals surface area contributed by atoms with Crippen molar-refractivity contribution in [2.24, 2.45) is 11.8 Å². The molecule has 5 nitrogen and oxygen atoms in total. The number of rotatable bonds is 8. The Morgan fingerprint density at radius 3 is 2.59 bits per heavy atom. The molecule has 0 aromatic heterocycles. The molecule has 1 saturated heterocycles. The number of benzene rings is 1. The van der Waals surface area contributed by atoms with E-state index in [9.17, 15) is 22.8 Å². The maximum absolute atomic E-state index is 13.1. The first kappa shape index (κ1) is 24.4. The molecular formula is C24H34F3N3O2. The van der Waals surface area contributed by atoms with Gasteiger partial charge in [-0.1, -0.05) is 32.3 Å². The fraction of sp³-hybridized carbons (Fsp3) is 0.667. The fourth-order valence-electron chi connectivity index (χ4n) is 4.68. The molecular weight excluding hydrogens is 419 g/mol. The zero-order chi connectivity index (χ0) is 23.1. The first-order valence-corrected chi connectivity index (χ1v) is 11.8. The van der Waals surface area contributed by atoms with Gasteiger partial charge in [0.25, 0.3) is 0 Å². The first-order valence-electron chi connectivity index (χ1n) is 11.8. The van der Waals surface area contributed by atoms with E-state index >= 15 is 0 Å². The quantitative estimate of drug-likeness (QED) is 0.564. The summed E-state index contributed by atoms with van der Waals surface area (Å²) in [6.07, 6.45) is 0.737. The molecule has 2 amide bonds. The van der Waals surface area contributed by atoms with Crippen LogP contribution < -0.4 is 15.5 Å². The fourth-order valence-corrected chi connectivity index (χ4v) is 4.68. The van der Waals surface area contributed by atoms with Gasteiger partial charge in [-0.25, -0.2) is 0 Å². The Labute approximate surface area is 188 Å². The molecule has 1 aliphatic heterocycles. The molecule has 0 bridgehead atoms. The lowest BCUT2D eigenvalue weighted by Gasteiger charge is -2.30. The summed E-state index contributed by atoms with van der Waals surface area (Å²) in [6.45, 7) is 3.98. The van der Waals surface area contributed by atoms with Crippen LogP contribution in [0.25, 0.3) is 0 Å². The van der Waals surface area contributed by atoms with Gasteiger partial charge in [0.2, 0.25) is 11.8 Å². The van der Waals surface area contributed by atoms with E-state index in [1.165, 1.54) is 0 Å². The van der Waals surface area contributed by atoms with Crippen molar-refractivity contribution in [3.05, 3.63) is 24.3 Å². The Morgan fingerprint density at radius 1 is 1.16 bits per heavy atom. The molecule has 1 aromatic carbocycles. The summed E-state index contributed by atoms with van der Waals surface area (Å²) >= 11 is 0. The summed E-state index contributed by atoms with van der Waals surface area (Å²) in [5, 5.41) is 5.65. The molecule has 8 heteroatoms. The smallest absolute Gasteiger partial charge is 0.371 e. The Morgan fingerprint density at radius 2 is 1.91 bits per heavy atom. The number of nitrogens with one attached hydrogen (secondary N) is 2. The number of amides is 2. The van der Waals surface area contributed by atoms with Crippen LogP contribution in [-0.4, -0.2) is 37.1 Å². The lowest BCUT2D eigenvalue weighted by Crippen LogP contribution is -2.47. The van der Waals surface area contributed by atoms with Crippen LogP contribution in [0.4, 0.5) is 24.5 Å². The molecule has 3 rings (SSSR count). The normalized spacial score (nSPS) is 22.4. The van der Waals surface area contributed by atoms with Crippen LogP contribution in [0.2, 0.25) is 0 Å². The van der Waals surface area contributed by atoms with Gasteiger partial charge in [-0.2, -0.15) is 13.2 Å². The number of anilines is 2. The first-order chi connectivity index (χ1) is 15.3. The van der Waals surface area contributed by atoms with Gasteiger partial charge in [0, 0.05) is 30.4 Å². The topological polar surface area (TPSA) is 61.4 Å². The minimum absolute atomic E-state index is 0.0698. The maximum Gasteiger partial charge on any atom is 0.391 e. The summed E-state index contributed by atoms with van der Waals surface area (Å²) in [5.41, 5.74) is 1.71. The van der Waals surface area contributed by atoms with Gasteiger partial charge in [-0.05, 0) is 56.7 Å². The zero-order valence-electron chi connectivity index (χ0n) is 18.7. The van der Waals surface area contributed by atoms with Crippen LogP contribution in [0, 0.1) is 11.8 Å². The van der Waals surface area contributed by atoms with E-state index in [0.29, 0.717) is 24.9 Å². The SMILES string of the molecule is CCCCC(NC(=O)C1CCCC(C(F)(F)F)C1)C(=O)Nc1cccc(N2CCCC2)c1. The van der Waals surface area contributed by atoms with Gasteiger partial charge in [0.05, 0.1) is 5.92 Å². The van der Waals surface area contributed by atoms with E-state index in [-0.39, 0.29) is 18.7 Å². The third kappa shape index (κ3) is 6.62. The number of hydrogen-bond donors (Lipinski definition) is 2. The van der Waals surface area contributed by atoms with Crippen molar-refractivity contribution >= 4 is 23.2 Å². The standard InChI is InChI=1S/C24H34F3N3O2/c1-2-3-12-21(29-22(31)17-8-6-9-18(15-17)24(25,26)27)23(32)28-19-10-7-11-20(16-19)30-13-4-5-14-30/h7,10-11,16-18,21H,2-6,8-9,12-15H2,1H3,(H,28,32)(H,29,31). The average Bonchev–Trinajstić information content (AvgIpc) is 3.31. The summed E-state index contributed by atoms with van der Waals surface area (Å²) in [7, 11) is 0. The number of halogens is 3. The van der Waals surface area contributed by atoms with Gasteiger partial charge < -0.3 is 15.5 Å². The van der Waals surface area contributed by atoms with E-state index in [1.54, 1.807) is 0 Å².